The highest BCUT2D eigenvalue weighted by Gasteiger charge is 2.10. The molecule has 1 unspecified atom stereocenters. The number of halogens is 1. The van der Waals surface area contributed by atoms with Crippen LogP contribution in [-0.4, -0.2) is 16.7 Å². The van der Waals surface area contributed by atoms with Crippen molar-refractivity contribution in [1.29, 1.82) is 0 Å². The zero-order chi connectivity index (χ0) is 18.7. The number of thioether (sulfide) groups is 1. The van der Waals surface area contributed by atoms with Gasteiger partial charge in [0, 0.05) is 17.2 Å². The van der Waals surface area contributed by atoms with Crippen LogP contribution in [0.25, 0.3) is 17.0 Å². The van der Waals surface area contributed by atoms with Gasteiger partial charge in [-0.3, -0.25) is 4.21 Å². The molecule has 1 aromatic heterocycles. The maximum absolute atomic E-state index is 11.9. The molecule has 0 spiro atoms. The smallest absolute Gasteiger partial charge is 0.148 e. The number of fused-ring (bicyclic) bond motifs is 1. The van der Waals surface area contributed by atoms with Gasteiger partial charge in [-0.25, -0.2) is 0 Å². The van der Waals surface area contributed by atoms with Crippen LogP contribution in [0.1, 0.15) is 16.7 Å². The van der Waals surface area contributed by atoms with Crippen molar-refractivity contribution in [1.82, 2.24) is 0 Å². The molecule has 2 aromatic carbocycles. The molecule has 26 heavy (non-hydrogen) atoms. The van der Waals surface area contributed by atoms with E-state index in [9.17, 15) is 4.21 Å². The molecule has 3 rings (SSSR count). The Bertz CT molecular complexity index is 992. The zero-order valence-corrected chi connectivity index (χ0v) is 18.0. The maximum atomic E-state index is 11.9. The minimum atomic E-state index is -1.02. The molecule has 0 aliphatic rings. The summed E-state index contributed by atoms with van der Waals surface area (Å²) in [5.74, 6) is 0.783. The molecule has 0 saturated carbocycles. The number of hydrogen-bond donors (Lipinski definition) is 0. The van der Waals surface area contributed by atoms with Gasteiger partial charge in [-0.15, -0.1) is 11.8 Å². The Hall–Kier alpha value is -1.50. The minimum absolute atomic E-state index is 0.438. The lowest BCUT2D eigenvalue weighted by Crippen LogP contribution is -1.99. The van der Waals surface area contributed by atoms with E-state index in [1.807, 2.05) is 49.6 Å². The summed E-state index contributed by atoms with van der Waals surface area (Å²) < 4.78 is 25.2. The fourth-order valence-corrected chi connectivity index (χ4v) is 4.76. The lowest BCUT2D eigenvalue weighted by molar-refractivity contribution is 0.305. The average molecular weight is 451 g/mol. The highest BCUT2D eigenvalue weighted by atomic mass is 79.9. The number of ether oxygens (including phenoxy) is 1. The fourth-order valence-electron chi connectivity index (χ4n) is 2.68. The van der Waals surface area contributed by atoms with Crippen LogP contribution in [0.4, 0.5) is 0 Å². The minimum Gasteiger partial charge on any atom is -0.488 e. The molecule has 0 radical (unpaired) electrons. The molecule has 3 nitrogen and oxygen atoms in total. The first-order valence-corrected chi connectivity index (χ1v) is 11.5. The van der Waals surface area contributed by atoms with E-state index in [2.05, 4.69) is 22.0 Å². The summed E-state index contributed by atoms with van der Waals surface area (Å²) in [6, 6.07) is 11.9. The number of furan rings is 1. The van der Waals surface area contributed by atoms with Gasteiger partial charge in [0.15, 0.2) is 0 Å². The third-order valence-electron chi connectivity index (χ3n) is 3.99. The zero-order valence-electron chi connectivity index (χ0n) is 14.7. The molecule has 0 aliphatic heterocycles. The standard InChI is InChI=1S/C20H19BrO3S2/c1-13-5-4-6-18(16(13)11-19(25-2)26(3)22)24-12-14-9-15-7-8-23-20(15)17(21)10-14/h4-11H,12H2,1-3H3. The first kappa shape index (κ1) is 19.3. The summed E-state index contributed by atoms with van der Waals surface area (Å²) in [6.45, 7) is 2.47. The van der Waals surface area contributed by atoms with Crippen LogP contribution in [0.2, 0.25) is 0 Å². The summed E-state index contributed by atoms with van der Waals surface area (Å²) in [4.78, 5) is 0. The second kappa shape index (κ2) is 8.46. The van der Waals surface area contributed by atoms with Gasteiger partial charge in [0.1, 0.15) is 17.9 Å². The van der Waals surface area contributed by atoms with Crippen LogP contribution in [0.5, 0.6) is 5.75 Å². The summed E-state index contributed by atoms with van der Waals surface area (Å²) in [6.07, 6.45) is 7.27. The molecule has 0 saturated heterocycles. The van der Waals surface area contributed by atoms with Crippen molar-refractivity contribution in [2.75, 3.05) is 12.5 Å². The predicted molar refractivity (Wildman–Crippen MR) is 115 cm³/mol. The molecule has 0 N–H and O–H groups in total. The Morgan fingerprint density at radius 2 is 2.15 bits per heavy atom. The maximum Gasteiger partial charge on any atom is 0.148 e. The molecule has 136 valence electrons. The van der Waals surface area contributed by atoms with E-state index in [0.717, 1.165) is 42.1 Å². The first-order chi connectivity index (χ1) is 12.5. The van der Waals surface area contributed by atoms with Gasteiger partial charge in [0.2, 0.25) is 0 Å². The molecule has 0 amide bonds. The Morgan fingerprint density at radius 3 is 2.88 bits per heavy atom. The second-order valence-electron chi connectivity index (χ2n) is 5.81. The Balaban J connectivity index is 1.90. The largest absolute Gasteiger partial charge is 0.488 e. The molecular formula is C20H19BrO3S2. The number of hydrogen-bond acceptors (Lipinski definition) is 4. The summed E-state index contributed by atoms with van der Waals surface area (Å²) >= 11 is 5.04. The lowest BCUT2D eigenvalue weighted by atomic mass is 10.1. The molecule has 0 aliphatic carbocycles. The van der Waals surface area contributed by atoms with E-state index in [1.165, 1.54) is 11.8 Å². The van der Waals surface area contributed by atoms with Gasteiger partial charge in [0.05, 0.1) is 25.8 Å². The van der Waals surface area contributed by atoms with E-state index >= 15 is 0 Å². The first-order valence-electron chi connectivity index (χ1n) is 7.96. The molecule has 1 atom stereocenters. The normalized spacial score (nSPS) is 13.2. The molecule has 1 heterocycles. The van der Waals surface area contributed by atoms with Crippen molar-refractivity contribution in [3.05, 3.63) is 68.1 Å². The van der Waals surface area contributed by atoms with Crippen LogP contribution in [0.3, 0.4) is 0 Å². The van der Waals surface area contributed by atoms with Gasteiger partial charge in [-0.1, -0.05) is 12.1 Å². The van der Waals surface area contributed by atoms with Crippen molar-refractivity contribution >= 4 is 55.5 Å². The average Bonchev–Trinajstić information content (AvgIpc) is 3.08. The summed E-state index contributed by atoms with van der Waals surface area (Å²) in [7, 11) is -1.02. The van der Waals surface area contributed by atoms with Crippen LogP contribution in [-0.2, 0) is 17.4 Å². The number of aryl methyl sites for hydroxylation is 1. The third kappa shape index (κ3) is 4.24. The van der Waals surface area contributed by atoms with Crippen LogP contribution < -0.4 is 4.74 Å². The highest BCUT2D eigenvalue weighted by molar-refractivity contribution is 9.10. The van der Waals surface area contributed by atoms with Gasteiger partial charge in [-0.2, -0.15) is 0 Å². The van der Waals surface area contributed by atoms with Crippen LogP contribution in [0, 0.1) is 6.92 Å². The van der Waals surface area contributed by atoms with Crippen molar-refractivity contribution in [2.24, 2.45) is 0 Å². The molecule has 3 aromatic rings. The lowest BCUT2D eigenvalue weighted by Gasteiger charge is -2.13. The van der Waals surface area contributed by atoms with Crippen molar-refractivity contribution in [3.8, 4) is 5.75 Å². The van der Waals surface area contributed by atoms with Gasteiger partial charge in [-0.05, 0) is 70.6 Å². The van der Waals surface area contributed by atoms with E-state index in [1.54, 1.807) is 12.5 Å². The van der Waals surface area contributed by atoms with E-state index < -0.39 is 10.8 Å². The van der Waals surface area contributed by atoms with Crippen molar-refractivity contribution < 1.29 is 13.4 Å². The Labute approximate surface area is 168 Å². The summed E-state index contributed by atoms with van der Waals surface area (Å²) in [5.41, 5.74) is 3.94. The quantitative estimate of drug-likeness (QED) is 0.453. The van der Waals surface area contributed by atoms with Gasteiger partial charge >= 0.3 is 0 Å². The van der Waals surface area contributed by atoms with E-state index in [-0.39, 0.29) is 0 Å². The highest BCUT2D eigenvalue weighted by Crippen LogP contribution is 2.30. The fraction of sp³-hybridized carbons (Fsp3) is 0.200. The summed E-state index contributed by atoms with van der Waals surface area (Å²) in [5, 5.41) is 1.04. The van der Waals surface area contributed by atoms with E-state index in [4.69, 9.17) is 9.15 Å². The second-order valence-corrected chi connectivity index (χ2v) is 9.12. The van der Waals surface area contributed by atoms with Gasteiger partial charge in [0.25, 0.3) is 0 Å². The van der Waals surface area contributed by atoms with Crippen LogP contribution >= 0.6 is 27.7 Å². The van der Waals surface area contributed by atoms with E-state index in [0.29, 0.717) is 6.61 Å². The topological polar surface area (TPSA) is 39.4 Å². The molecule has 0 fully saturated rings. The molecular weight excluding hydrogens is 432 g/mol. The monoisotopic (exact) mass is 450 g/mol. The molecule has 6 heteroatoms. The Morgan fingerprint density at radius 1 is 1.35 bits per heavy atom. The Kier molecular flexibility index (Phi) is 6.27. The van der Waals surface area contributed by atoms with Crippen LogP contribution in [0.15, 0.2) is 55.8 Å². The van der Waals surface area contributed by atoms with Crippen molar-refractivity contribution in [2.45, 2.75) is 13.5 Å². The number of benzene rings is 2. The molecule has 0 bridgehead atoms. The predicted octanol–water partition coefficient (Wildman–Crippen LogP) is 6.12. The van der Waals surface area contributed by atoms with Gasteiger partial charge < -0.3 is 9.15 Å². The SMILES string of the molecule is CSC(=Cc1c(C)cccc1OCc1cc(Br)c2occc2c1)S(C)=O. The van der Waals surface area contributed by atoms with Crippen molar-refractivity contribution in [3.63, 3.8) is 0 Å². The third-order valence-corrected chi connectivity index (χ3v) is 6.99. The number of rotatable bonds is 6.